The summed E-state index contributed by atoms with van der Waals surface area (Å²) < 4.78 is 7.06. The van der Waals surface area contributed by atoms with Crippen molar-refractivity contribution in [3.05, 3.63) is 42.4 Å². The van der Waals surface area contributed by atoms with Crippen molar-refractivity contribution in [2.45, 2.75) is 6.04 Å². The van der Waals surface area contributed by atoms with Gasteiger partial charge in [0.25, 0.3) is 0 Å². The summed E-state index contributed by atoms with van der Waals surface area (Å²) in [6.07, 6.45) is 7.07. The molecule has 74 valence electrons. The van der Waals surface area contributed by atoms with Crippen LogP contribution in [0.1, 0.15) is 17.3 Å². The molecule has 0 amide bonds. The Hall–Kier alpha value is -1.55. The lowest BCUT2D eigenvalue weighted by atomic mass is 10.1. The van der Waals surface area contributed by atoms with Gasteiger partial charge in [-0.3, -0.25) is 0 Å². The molecular formula is C10H13N3O. The molecule has 0 spiro atoms. The van der Waals surface area contributed by atoms with Crippen molar-refractivity contribution in [3.8, 4) is 0 Å². The minimum Gasteiger partial charge on any atom is -0.472 e. The molecule has 1 N–H and O–H groups in total. The van der Waals surface area contributed by atoms with Crippen molar-refractivity contribution in [2.24, 2.45) is 7.05 Å². The number of nitrogens with one attached hydrogen (secondary N) is 1. The maximum Gasteiger partial charge on any atom is 0.0954 e. The highest BCUT2D eigenvalue weighted by molar-refractivity contribution is 5.23. The number of aryl methyl sites for hydroxylation is 1. The fourth-order valence-electron chi connectivity index (χ4n) is 1.57. The van der Waals surface area contributed by atoms with E-state index in [1.807, 2.05) is 30.9 Å². The zero-order chi connectivity index (χ0) is 9.97. The summed E-state index contributed by atoms with van der Waals surface area (Å²) in [4.78, 5) is 4.09. The third kappa shape index (κ3) is 1.44. The van der Waals surface area contributed by atoms with E-state index >= 15 is 0 Å². The van der Waals surface area contributed by atoms with E-state index in [0.29, 0.717) is 0 Å². The monoisotopic (exact) mass is 191 g/mol. The largest absolute Gasteiger partial charge is 0.472 e. The van der Waals surface area contributed by atoms with Crippen LogP contribution < -0.4 is 5.32 Å². The maximum absolute atomic E-state index is 5.07. The van der Waals surface area contributed by atoms with Crippen LogP contribution in [0.2, 0.25) is 0 Å². The second-order valence-electron chi connectivity index (χ2n) is 3.21. The Labute approximate surface area is 82.6 Å². The normalized spacial score (nSPS) is 13.0. The lowest BCUT2D eigenvalue weighted by Crippen LogP contribution is -2.19. The van der Waals surface area contributed by atoms with E-state index in [1.54, 1.807) is 18.9 Å². The molecule has 0 saturated carbocycles. The van der Waals surface area contributed by atoms with E-state index in [9.17, 15) is 0 Å². The first-order valence-electron chi connectivity index (χ1n) is 4.48. The maximum atomic E-state index is 5.07. The Morgan fingerprint density at radius 1 is 1.57 bits per heavy atom. The number of hydrogen-bond donors (Lipinski definition) is 1. The molecule has 0 fully saturated rings. The SMILES string of the molecule is CNC(c1ccoc1)c1cncn1C. The van der Waals surface area contributed by atoms with Crippen LogP contribution in [0.15, 0.2) is 35.5 Å². The number of nitrogens with zero attached hydrogens (tertiary/aromatic N) is 2. The molecule has 0 aliphatic rings. The molecule has 0 saturated heterocycles. The van der Waals surface area contributed by atoms with Gasteiger partial charge < -0.3 is 14.3 Å². The van der Waals surface area contributed by atoms with E-state index in [0.717, 1.165) is 11.3 Å². The molecule has 2 aromatic rings. The zero-order valence-electron chi connectivity index (χ0n) is 8.27. The highest BCUT2D eigenvalue weighted by atomic mass is 16.3. The van der Waals surface area contributed by atoms with Crippen LogP contribution >= 0.6 is 0 Å². The predicted molar refractivity (Wildman–Crippen MR) is 52.8 cm³/mol. The van der Waals surface area contributed by atoms with Crippen molar-refractivity contribution in [1.29, 1.82) is 0 Å². The Morgan fingerprint density at radius 3 is 2.93 bits per heavy atom. The Morgan fingerprint density at radius 2 is 2.43 bits per heavy atom. The molecular weight excluding hydrogens is 178 g/mol. The Balaban J connectivity index is 2.36. The van der Waals surface area contributed by atoms with Gasteiger partial charge in [0.1, 0.15) is 0 Å². The predicted octanol–water partition coefficient (Wildman–Crippen LogP) is 1.32. The van der Waals surface area contributed by atoms with Crippen LogP contribution in [-0.4, -0.2) is 16.6 Å². The lowest BCUT2D eigenvalue weighted by molar-refractivity contribution is 0.554. The van der Waals surface area contributed by atoms with Gasteiger partial charge in [-0.05, 0) is 13.1 Å². The van der Waals surface area contributed by atoms with E-state index in [4.69, 9.17) is 4.42 Å². The molecule has 14 heavy (non-hydrogen) atoms. The number of imidazole rings is 1. The van der Waals surface area contributed by atoms with Gasteiger partial charge in [0.05, 0.1) is 36.8 Å². The van der Waals surface area contributed by atoms with Crippen LogP contribution in [0.4, 0.5) is 0 Å². The summed E-state index contributed by atoms with van der Waals surface area (Å²) in [5.41, 5.74) is 2.23. The van der Waals surface area contributed by atoms with Gasteiger partial charge in [0.15, 0.2) is 0 Å². The minimum atomic E-state index is 0.140. The molecule has 1 unspecified atom stereocenters. The number of aromatic nitrogens is 2. The van der Waals surface area contributed by atoms with Crippen molar-refractivity contribution >= 4 is 0 Å². The van der Waals surface area contributed by atoms with Gasteiger partial charge in [-0.15, -0.1) is 0 Å². The molecule has 4 heteroatoms. The van der Waals surface area contributed by atoms with E-state index in [-0.39, 0.29) is 6.04 Å². The van der Waals surface area contributed by atoms with Gasteiger partial charge in [-0.1, -0.05) is 0 Å². The minimum absolute atomic E-state index is 0.140. The van der Waals surface area contributed by atoms with Crippen LogP contribution in [0.25, 0.3) is 0 Å². The first-order chi connectivity index (χ1) is 6.83. The molecule has 0 aliphatic heterocycles. The second-order valence-corrected chi connectivity index (χ2v) is 3.21. The van der Waals surface area contributed by atoms with Crippen LogP contribution in [0.3, 0.4) is 0 Å². The van der Waals surface area contributed by atoms with Crippen molar-refractivity contribution in [2.75, 3.05) is 7.05 Å². The first kappa shape index (κ1) is 9.02. The van der Waals surface area contributed by atoms with Crippen molar-refractivity contribution in [1.82, 2.24) is 14.9 Å². The van der Waals surface area contributed by atoms with Gasteiger partial charge in [0, 0.05) is 12.6 Å². The second kappa shape index (κ2) is 3.67. The quantitative estimate of drug-likeness (QED) is 0.795. The molecule has 0 aromatic carbocycles. The first-order valence-corrected chi connectivity index (χ1v) is 4.48. The molecule has 0 radical (unpaired) electrons. The highest BCUT2D eigenvalue weighted by Gasteiger charge is 2.15. The molecule has 0 bridgehead atoms. The van der Waals surface area contributed by atoms with Gasteiger partial charge in [-0.25, -0.2) is 4.98 Å². The molecule has 1 atom stereocenters. The highest BCUT2D eigenvalue weighted by Crippen LogP contribution is 2.20. The summed E-state index contributed by atoms with van der Waals surface area (Å²) in [5, 5.41) is 3.23. The fourth-order valence-corrected chi connectivity index (χ4v) is 1.57. The lowest BCUT2D eigenvalue weighted by Gasteiger charge is -2.14. The van der Waals surface area contributed by atoms with Gasteiger partial charge in [0.2, 0.25) is 0 Å². The third-order valence-corrected chi connectivity index (χ3v) is 2.31. The number of hydrogen-bond acceptors (Lipinski definition) is 3. The average molecular weight is 191 g/mol. The van der Waals surface area contributed by atoms with Gasteiger partial charge in [-0.2, -0.15) is 0 Å². The van der Waals surface area contributed by atoms with E-state index < -0.39 is 0 Å². The summed E-state index contributed by atoms with van der Waals surface area (Å²) in [6.45, 7) is 0. The van der Waals surface area contributed by atoms with Crippen molar-refractivity contribution < 1.29 is 4.42 Å². The van der Waals surface area contributed by atoms with Crippen LogP contribution in [0.5, 0.6) is 0 Å². The topological polar surface area (TPSA) is 43.0 Å². The molecule has 4 nitrogen and oxygen atoms in total. The summed E-state index contributed by atoms with van der Waals surface area (Å²) in [7, 11) is 3.90. The van der Waals surface area contributed by atoms with E-state index in [2.05, 4.69) is 10.3 Å². The summed E-state index contributed by atoms with van der Waals surface area (Å²) >= 11 is 0. The smallest absolute Gasteiger partial charge is 0.0954 e. The van der Waals surface area contributed by atoms with Crippen LogP contribution in [0, 0.1) is 0 Å². The molecule has 2 rings (SSSR count). The fraction of sp³-hybridized carbons (Fsp3) is 0.300. The number of rotatable bonds is 3. The summed E-state index contributed by atoms with van der Waals surface area (Å²) in [6, 6.07) is 2.09. The third-order valence-electron chi connectivity index (χ3n) is 2.31. The van der Waals surface area contributed by atoms with E-state index in [1.165, 1.54) is 0 Å². The zero-order valence-corrected chi connectivity index (χ0v) is 8.27. The molecule has 0 aliphatic carbocycles. The summed E-state index contributed by atoms with van der Waals surface area (Å²) in [5.74, 6) is 0. The Kier molecular flexibility index (Phi) is 2.37. The molecule has 2 heterocycles. The van der Waals surface area contributed by atoms with Crippen LogP contribution in [-0.2, 0) is 7.05 Å². The van der Waals surface area contributed by atoms with Crippen molar-refractivity contribution in [3.63, 3.8) is 0 Å². The molecule has 2 aromatic heterocycles. The van der Waals surface area contributed by atoms with Gasteiger partial charge >= 0.3 is 0 Å². The Bertz CT molecular complexity index is 391. The number of furan rings is 1. The average Bonchev–Trinajstić information content (AvgIpc) is 2.80. The standard InChI is InChI=1S/C10H13N3O/c1-11-10(8-3-4-14-6-8)9-5-12-7-13(9)2/h3-7,10-11H,1-2H3.